The molecule has 3 aromatic rings. The molecule has 3 aromatic carbocycles. The van der Waals surface area contributed by atoms with Gasteiger partial charge in [0.25, 0.3) is 5.91 Å². The van der Waals surface area contributed by atoms with Gasteiger partial charge in [0.2, 0.25) is 11.8 Å². The highest BCUT2D eigenvalue weighted by atomic mass is 35.5. The van der Waals surface area contributed by atoms with Crippen molar-refractivity contribution in [3.05, 3.63) is 87.9 Å². The van der Waals surface area contributed by atoms with Gasteiger partial charge in [-0.05, 0) is 66.6 Å². The molecule has 1 aliphatic heterocycles. The zero-order valence-electron chi connectivity index (χ0n) is 19.6. The number of halogens is 2. The summed E-state index contributed by atoms with van der Waals surface area (Å²) in [5.41, 5.74) is 3.01. The van der Waals surface area contributed by atoms with Crippen molar-refractivity contribution in [2.24, 2.45) is 5.92 Å². The SMILES string of the molecule is Cc1c(Cl)cccc1NC(=O)COc1ccc(N2C[C@@H](C(=O)NCc3ccc(Cl)cc3)CC2=O)cc1. The van der Waals surface area contributed by atoms with Gasteiger partial charge in [-0.3, -0.25) is 14.4 Å². The van der Waals surface area contributed by atoms with Gasteiger partial charge in [0.1, 0.15) is 5.75 Å². The Bertz CT molecular complexity index is 1260. The van der Waals surface area contributed by atoms with Gasteiger partial charge in [0, 0.05) is 40.9 Å². The van der Waals surface area contributed by atoms with Gasteiger partial charge in [-0.1, -0.05) is 41.4 Å². The van der Waals surface area contributed by atoms with E-state index >= 15 is 0 Å². The molecule has 36 heavy (non-hydrogen) atoms. The molecule has 4 rings (SSSR count). The second-order valence-electron chi connectivity index (χ2n) is 8.49. The van der Waals surface area contributed by atoms with E-state index in [2.05, 4.69) is 10.6 Å². The number of carbonyl (C=O) groups excluding carboxylic acids is 3. The fourth-order valence-electron chi connectivity index (χ4n) is 3.87. The average molecular weight is 526 g/mol. The zero-order valence-corrected chi connectivity index (χ0v) is 21.1. The molecule has 1 saturated heterocycles. The maximum Gasteiger partial charge on any atom is 0.262 e. The van der Waals surface area contributed by atoms with Crippen molar-refractivity contribution in [3.63, 3.8) is 0 Å². The van der Waals surface area contributed by atoms with Crippen molar-refractivity contribution in [1.82, 2.24) is 5.32 Å². The molecule has 0 radical (unpaired) electrons. The number of nitrogens with one attached hydrogen (secondary N) is 2. The summed E-state index contributed by atoms with van der Waals surface area (Å²) in [5, 5.41) is 6.87. The fourth-order valence-corrected chi connectivity index (χ4v) is 4.17. The number of amides is 3. The zero-order chi connectivity index (χ0) is 25.7. The predicted molar refractivity (Wildman–Crippen MR) is 141 cm³/mol. The Labute approximate surface area is 219 Å². The summed E-state index contributed by atoms with van der Waals surface area (Å²) in [6.07, 6.45) is 0.147. The van der Waals surface area contributed by atoms with E-state index in [0.717, 1.165) is 11.1 Å². The van der Waals surface area contributed by atoms with E-state index in [9.17, 15) is 14.4 Å². The van der Waals surface area contributed by atoms with Crippen LogP contribution in [0.5, 0.6) is 5.75 Å². The van der Waals surface area contributed by atoms with Gasteiger partial charge in [0.05, 0.1) is 5.92 Å². The van der Waals surface area contributed by atoms with E-state index in [0.29, 0.717) is 40.3 Å². The quantitative estimate of drug-likeness (QED) is 0.433. The average Bonchev–Trinajstić information content (AvgIpc) is 3.27. The van der Waals surface area contributed by atoms with Gasteiger partial charge in [0.15, 0.2) is 6.61 Å². The highest BCUT2D eigenvalue weighted by molar-refractivity contribution is 6.31. The van der Waals surface area contributed by atoms with E-state index in [1.54, 1.807) is 59.5 Å². The Hall–Kier alpha value is -3.55. The topological polar surface area (TPSA) is 87.7 Å². The molecule has 3 amide bonds. The molecule has 1 fully saturated rings. The first kappa shape index (κ1) is 25.5. The van der Waals surface area contributed by atoms with Crippen molar-refractivity contribution in [2.75, 3.05) is 23.4 Å². The van der Waals surface area contributed by atoms with Crippen molar-refractivity contribution in [3.8, 4) is 5.75 Å². The molecule has 1 aliphatic rings. The standard InChI is InChI=1S/C27H25Cl2N3O4/c1-17-23(29)3-2-4-24(17)31-25(33)16-36-22-11-9-21(10-12-22)32-15-19(13-26(32)34)27(35)30-14-18-5-7-20(28)8-6-18/h2-12,19H,13-16H2,1H3,(H,30,35)(H,31,33)/t19-/m0/s1. The van der Waals surface area contributed by atoms with Gasteiger partial charge in [-0.25, -0.2) is 0 Å². The number of rotatable bonds is 8. The molecule has 0 aromatic heterocycles. The Morgan fingerprint density at radius 2 is 1.75 bits per heavy atom. The molecular formula is C27H25Cl2N3O4. The predicted octanol–water partition coefficient (Wildman–Crippen LogP) is 4.99. The van der Waals surface area contributed by atoms with Crippen LogP contribution in [0.4, 0.5) is 11.4 Å². The molecule has 0 bridgehead atoms. The smallest absolute Gasteiger partial charge is 0.262 e. The van der Waals surface area contributed by atoms with Gasteiger partial charge < -0.3 is 20.3 Å². The summed E-state index contributed by atoms with van der Waals surface area (Å²) in [7, 11) is 0. The normalized spacial score (nSPS) is 15.0. The lowest BCUT2D eigenvalue weighted by Gasteiger charge is -2.17. The Kier molecular flexibility index (Phi) is 8.13. The minimum Gasteiger partial charge on any atom is -0.484 e. The van der Waals surface area contributed by atoms with Gasteiger partial charge >= 0.3 is 0 Å². The fraction of sp³-hybridized carbons (Fsp3) is 0.222. The first-order valence-electron chi connectivity index (χ1n) is 11.4. The first-order chi connectivity index (χ1) is 17.3. The maximum atomic E-state index is 12.6. The van der Waals surface area contributed by atoms with Crippen LogP contribution in [0.3, 0.4) is 0 Å². The lowest BCUT2D eigenvalue weighted by atomic mass is 10.1. The van der Waals surface area contributed by atoms with Crippen LogP contribution in [0.15, 0.2) is 66.7 Å². The monoisotopic (exact) mass is 525 g/mol. The molecule has 9 heteroatoms. The number of ether oxygens (including phenoxy) is 1. The minimum absolute atomic E-state index is 0.119. The minimum atomic E-state index is -0.431. The number of carbonyl (C=O) groups is 3. The second-order valence-corrected chi connectivity index (χ2v) is 9.34. The molecule has 2 N–H and O–H groups in total. The number of nitrogens with zero attached hydrogens (tertiary/aromatic N) is 1. The van der Waals surface area contributed by atoms with Crippen LogP contribution in [0.1, 0.15) is 17.5 Å². The van der Waals surface area contributed by atoms with Crippen LogP contribution < -0.4 is 20.3 Å². The lowest BCUT2D eigenvalue weighted by molar-refractivity contribution is -0.126. The van der Waals surface area contributed by atoms with Gasteiger partial charge in [-0.15, -0.1) is 0 Å². The van der Waals surface area contributed by atoms with Crippen molar-refractivity contribution >= 4 is 52.3 Å². The summed E-state index contributed by atoms with van der Waals surface area (Å²) < 4.78 is 5.57. The van der Waals surface area contributed by atoms with Crippen molar-refractivity contribution in [1.29, 1.82) is 0 Å². The Balaban J connectivity index is 1.27. The van der Waals surface area contributed by atoms with Crippen LogP contribution >= 0.6 is 23.2 Å². The number of benzene rings is 3. The van der Waals surface area contributed by atoms with Crippen molar-refractivity contribution < 1.29 is 19.1 Å². The highest BCUT2D eigenvalue weighted by Crippen LogP contribution is 2.27. The molecule has 0 aliphatic carbocycles. The molecular weight excluding hydrogens is 501 g/mol. The van der Waals surface area contributed by atoms with Crippen molar-refractivity contribution in [2.45, 2.75) is 19.9 Å². The van der Waals surface area contributed by atoms with E-state index in [1.165, 1.54) is 0 Å². The maximum absolute atomic E-state index is 12.6. The molecule has 0 spiro atoms. The number of hydrogen-bond acceptors (Lipinski definition) is 4. The van der Waals surface area contributed by atoms with Gasteiger partial charge in [-0.2, -0.15) is 0 Å². The van der Waals surface area contributed by atoms with Crippen LogP contribution in [0.25, 0.3) is 0 Å². The largest absolute Gasteiger partial charge is 0.484 e. The first-order valence-corrected chi connectivity index (χ1v) is 12.2. The summed E-state index contributed by atoms with van der Waals surface area (Å²) in [4.78, 5) is 39.0. The highest BCUT2D eigenvalue weighted by Gasteiger charge is 2.35. The molecule has 1 heterocycles. The number of hydrogen-bond donors (Lipinski definition) is 2. The van der Waals surface area contributed by atoms with Crippen LogP contribution in [-0.4, -0.2) is 30.9 Å². The van der Waals surface area contributed by atoms with Crippen LogP contribution in [0.2, 0.25) is 10.0 Å². The molecule has 1 atom stereocenters. The molecule has 0 saturated carbocycles. The molecule has 7 nitrogen and oxygen atoms in total. The van der Waals surface area contributed by atoms with E-state index < -0.39 is 5.92 Å². The molecule has 186 valence electrons. The Morgan fingerprint density at radius 1 is 1.03 bits per heavy atom. The second kappa shape index (κ2) is 11.5. The summed E-state index contributed by atoms with van der Waals surface area (Å²) in [6, 6.07) is 19.4. The molecule has 0 unspecified atom stereocenters. The van der Waals surface area contributed by atoms with Crippen LogP contribution in [0, 0.1) is 12.8 Å². The van der Waals surface area contributed by atoms with E-state index in [-0.39, 0.29) is 30.7 Å². The summed E-state index contributed by atoms with van der Waals surface area (Å²) in [6.45, 7) is 2.32. The summed E-state index contributed by atoms with van der Waals surface area (Å²) >= 11 is 12.0. The lowest BCUT2D eigenvalue weighted by Crippen LogP contribution is -2.32. The van der Waals surface area contributed by atoms with E-state index in [1.807, 2.05) is 19.1 Å². The third kappa shape index (κ3) is 6.36. The third-order valence-corrected chi connectivity index (χ3v) is 6.60. The summed E-state index contributed by atoms with van der Waals surface area (Å²) in [5.74, 6) is -0.542. The van der Waals surface area contributed by atoms with E-state index in [4.69, 9.17) is 27.9 Å². The third-order valence-electron chi connectivity index (χ3n) is 5.94. The Morgan fingerprint density at radius 3 is 2.47 bits per heavy atom. The number of anilines is 2. The van der Waals surface area contributed by atoms with Crippen LogP contribution in [-0.2, 0) is 20.9 Å².